The van der Waals surface area contributed by atoms with Crippen LogP contribution >= 0.6 is 23.1 Å². The van der Waals surface area contributed by atoms with Gasteiger partial charge in [-0.1, -0.05) is 31.0 Å². The lowest BCUT2D eigenvalue weighted by Gasteiger charge is -2.24. The van der Waals surface area contributed by atoms with Gasteiger partial charge in [0.2, 0.25) is 0 Å². The lowest BCUT2D eigenvalue weighted by atomic mass is 9.95. The Balaban J connectivity index is 1.69. The minimum Gasteiger partial charge on any atom is -0.303 e. The normalized spacial score (nSPS) is 16.5. The van der Waals surface area contributed by atoms with Crippen LogP contribution in [0.25, 0.3) is 0 Å². The number of rotatable bonds is 6. The number of thioether (sulfide) groups is 1. The van der Waals surface area contributed by atoms with E-state index < -0.39 is 5.92 Å². The number of nitriles is 1. The Morgan fingerprint density at radius 1 is 1.40 bits per heavy atom. The Morgan fingerprint density at radius 2 is 2.16 bits per heavy atom. The minimum atomic E-state index is -0.793. The summed E-state index contributed by atoms with van der Waals surface area (Å²) in [6.45, 7) is 3.83. The molecule has 2 heterocycles. The van der Waals surface area contributed by atoms with Crippen LogP contribution in [0.2, 0.25) is 0 Å². The van der Waals surface area contributed by atoms with Crippen LogP contribution in [-0.4, -0.2) is 31.3 Å². The van der Waals surface area contributed by atoms with Gasteiger partial charge in [-0.25, -0.2) is 4.98 Å². The number of Topliss-reactive ketones (excluding diaryl/α,β-unsaturated/α-hetero) is 1. The third kappa shape index (κ3) is 4.10. The maximum Gasteiger partial charge on any atom is 0.191 e. The summed E-state index contributed by atoms with van der Waals surface area (Å²) in [4.78, 5) is 16.8. The Hall–Kier alpha value is -1.72. The Labute approximate surface area is 155 Å². The van der Waals surface area contributed by atoms with Crippen molar-refractivity contribution in [3.05, 3.63) is 21.9 Å². The van der Waals surface area contributed by atoms with Crippen molar-refractivity contribution in [2.24, 2.45) is 0 Å². The van der Waals surface area contributed by atoms with Gasteiger partial charge < -0.3 is 4.57 Å². The minimum absolute atomic E-state index is 0.127. The summed E-state index contributed by atoms with van der Waals surface area (Å²) in [5, 5.41) is 21.1. The van der Waals surface area contributed by atoms with Crippen molar-refractivity contribution in [3.63, 3.8) is 0 Å². The van der Waals surface area contributed by atoms with Crippen molar-refractivity contribution < 1.29 is 4.79 Å². The first-order valence-electron chi connectivity index (χ1n) is 8.48. The third-order valence-electron chi connectivity index (χ3n) is 4.45. The summed E-state index contributed by atoms with van der Waals surface area (Å²) < 4.78 is 2.17. The molecule has 132 valence electrons. The van der Waals surface area contributed by atoms with Gasteiger partial charge in [0, 0.05) is 17.1 Å². The standard InChI is InChI=1S/C17H21N5OS2/c1-11-9-24-16(19-11)14(8-18)15(23)10-25-17-21-20-12(2)22(17)13-6-4-3-5-7-13/h9,13-14H,3-7,10H2,1-2H3/t14-/m1/s1. The molecule has 0 amide bonds. The Kier molecular flexibility index (Phi) is 5.86. The first-order chi connectivity index (χ1) is 12.1. The van der Waals surface area contributed by atoms with E-state index in [2.05, 4.69) is 25.8 Å². The SMILES string of the molecule is Cc1csc([C@H](C#N)C(=O)CSc2nnc(C)n2C2CCCCC2)n1. The fourth-order valence-electron chi connectivity index (χ4n) is 3.20. The predicted octanol–water partition coefficient (Wildman–Crippen LogP) is 3.83. The van der Waals surface area contributed by atoms with Crippen molar-refractivity contribution in [2.75, 3.05) is 5.75 Å². The third-order valence-corrected chi connectivity index (χ3v) is 6.45. The predicted molar refractivity (Wildman–Crippen MR) is 97.8 cm³/mol. The fourth-order valence-corrected chi connectivity index (χ4v) is 5.01. The van der Waals surface area contributed by atoms with Gasteiger partial charge in [0.05, 0.1) is 11.8 Å². The summed E-state index contributed by atoms with van der Waals surface area (Å²) in [6.07, 6.45) is 6.02. The smallest absolute Gasteiger partial charge is 0.191 e. The molecule has 2 aromatic heterocycles. The quantitative estimate of drug-likeness (QED) is 0.714. The molecule has 0 aromatic carbocycles. The van der Waals surface area contributed by atoms with Crippen LogP contribution in [-0.2, 0) is 4.79 Å². The van der Waals surface area contributed by atoms with E-state index >= 15 is 0 Å². The van der Waals surface area contributed by atoms with E-state index in [4.69, 9.17) is 0 Å². The van der Waals surface area contributed by atoms with E-state index in [0.717, 1.165) is 29.5 Å². The zero-order valence-electron chi connectivity index (χ0n) is 14.4. The first-order valence-corrected chi connectivity index (χ1v) is 10.4. The number of aryl methyl sites for hydroxylation is 2. The molecule has 1 aliphatic carbocycles. The van der Waals surface area contributed by atoms with Crippen LogP contribution < -0.4 is 0 Å². The van der Waals surface area contributed by atoms with E-state index in [1.807, 2.05) is 19.2 Å². The van der Waals surface area contributed by atoms with Crippen LogP contribution in [0.1, 0.15) is 60.6 Å². The number of aromatic nitrogens is 4. The lowest BCUT2D eigenvalue weighted by molar-refractivity contribution is -0.116. The summed E-state index contributed by atoms with van der Waals surface area (Å²) in [6, 6.07) is 2.52. The molecule has 8 heteroatoms. The molecule has 1 saturated carbocycles. The van der Waals surface area contributed by atoms with Gasteiger partial charge in [0.1, 0.15) is 10.8 Å². The average Bonchev–Trinajstić information content (AvgIpc) is 3.20. The topological polar surface area (TPSA) is 84.5 Å². The number of carbonyl (C=O) groups is 1. The van der Waals surface area contributed by atoms with E-state index in [9.17, 15) is 10.1 Å². The molecule has 0 saturated heterocycles. The average molecular weight is 376 g/mol. The highest BCUT2D eigenvalue weighted by molar-refractivity contribution is 7.99. The summed E-state index contributed by atoms with van der Waals surface area (Å²) in [5.74, 6) is 0.187. The highest BCUT2D eigenvalue weighted by atomic mass is 32.2. The highest BCUT2D eigenvalue weighted by Gasteiger charge is 2.26. The largest absolute Gasteiger partial charge is 0.303 e. The van der Waals surface area contributed by atoms with Crippen LogP contribution in [0.15, 0.2) is 10.5 Å². The molecule has 1 fully saturated rings. The maximum absolute atomic E-state index is 12.5. The fraction of sp³-hybridized carbons (Fsp3) is 0.588. The van der Waals surface area contributed by atoms with Gasteiger partial charge in [-0.2, -0.15) is 5.26 Å². The molecule has 25 heavy (non-hydrogen) atoms. The summed E-state index contributed by atoms with van der Waals surface area (Å²) in [7, 11) is 0. The molecular formula is C17H21N5OS2. The maximum atomic E-state index is 12.5. The lowest BCUT2D eigenvalue weighted by Crippen LogP contribution is -2.17. The molecule has 0 N–H and O–H groups in total. The van der Waals surface area contributed by atoms with Crippen molar-refractivity contribution in [3.8, 4) is 6.07 Å². The molecule has 1 atom stereocenters. The summed E-state index contributed by atoms with van der Waals surface area (Å²) in [5.41, 5.74) is 0.841. The molecule has 0 bridgehead atoms. The number of hydrogen-bond acceptors (Lipinski definition) is 7. The van der Waals surface area contributed by atoms with Gasteiger partial charge in [-0.3, -0.25) is 4.79 Å². The molecular weight excluding hydrogens is 354 g/mol. The number of nitrogens with zero attached hydrogens (tertiary/aromatic N) is 5. The van der Waals surface area contributed by atoms with Gasteiger partial charge >= 0.3 is 0 Å². The van der Waals surface area contributed by atoms with Gasteiger partial charge in [0.25, 0.3) is 0 Å². The van der Waals surface area contributed by atoms with Gasteiger partial charge in [0.15, 0.2) is 16.9 Å². The highest BCUT2D eigenvalue weighted by Crippen LogP contribution is 2.33. The number of ketones is 1. The second-order valence-electron chi connectivity index (χ2n) is 6.34. The molecule has 1 aliphatic rings. The van der Waals surface area contributed by atoms with E-state index in [1.54, 1.807) is 0 Å². The number of hydrogen-bond donors (Lipinski definition) is 0. The molecule has 0 spiro atoms. The van der Waals surface area contributed by atoms with Crippen molar-refractivity contribution in [1.29, 1.82) is 5.26 Å². The van der Waals surface area contributed by atoms with Crippen molar-refractivity contribution in [1.82, 2.24) is 19.7 Å². The van der Waals surface area contributed by atoms with Gasteiger partial charge in [-0.05, 0) is 26.7 Å². The van der Waals surface area contributed by atoms with Crippen LogP contribution in [0.3, 0.4) is 0 Å². The number of thiazole rings is 1. The Morgan fingerprint density at radius 3 is 2.80 bits per heavy atom. The van der Waals surface area contributed by atoms with Crippen LogP contribution in [0.4, 0.5) is 0 Å². The second kappa shape index (κ2) is 8.11. The molecule has 0 aliphatic heterocycles. The zero-order valence-corrected chi connectivity index (χ0v) is 16.1. The number of carbonyl (C=O) groups excluding carboxylic acids is 1. The molecule has 6 nitrogen and oxygen atoms in total. The monoisotopic (exact) mass is 375 g/mol. The van der Waals surface area contributed by atoms with Crippen molar-refractivity contribution in [2.45, 2.75) is 63.1 Å². The molecule has 3 rings (SSSR count). The van der Waals surface area contributed by atoms with Gasteiger partial charge in [-0.15, -0.1) is 21.5 Å². The van der Waals surface area contributed by atoms with Crippen LogP contribution in [0.5, 0.6) is 0 Å². The molecule has 2 aromatic rings. The first kappa shape index (κ1) is 18.1. The van der Waals surface area contributed by atoms with Crippen molar-refractivity contribution >= 4 is 28.9 Å². The zero-order chi connectivity index (χ0) is 17.8. The summed E-state index contributed by atoms with van der Waals surface area (Å²) >= 11 is 2.75. The van der Waals surface area contributed by atoms with E-state index in [0.29, 0.717) is 11.0 Å². The molecule has 0 unspecified atom stereocenters. The van der Waals surface area contributed by atoms with Crippen LogP contribution in [0, 0.1) is 25.2 Å². The molecule has 0 radical (unpaired) electrons. The Bertz CT molecular complexity index is 785. The van der Waals surface area contributed by atoms with E-state index in [1.165, 1.54) is 42.4 Å². The van der Waals surface area contributed by atoms with E-state index in [-0.39, 0.29) is 11.5 Å². The second-order valence-corrected chi connectivity index (χ2v) is 8.17.